The van der Waals surface area contributed by atoms with Crippen LogP contribution in [-0.2, 0) is 0 Å². The van der Waals surface area contributed by atoms with Crippen molar-refractivity contribution in [3.8, 4) is 0 Å². The smallest absolute Gasteiger partial charge is 0.0630 e. The van der Waals surface area contributed by atoms with Gasteiger partial charge in [0.05, 0.1) is 6.20 Å². The third kappa shape index (κ3) is 1.39. The Labute approximate surface area is 73.9 Å². The molecule has 12 heavy (non-hydrogen) atoms. The molecular formula is C10H15N2. The van der Waals surface area contributed by atoms with Crippen molar-refractivity contribution in [3.63, 3.8) is 0 Å². The van der Waals surface area contributed by atoms with Gasteiger partial charge in [0.25, 0.3) is 0 Å². The lowest BCUT2D eigenvalue weighted by Gasteiger charge is -2.21. The Hall–Kier alpha value is -0.760. The van der Waals surface area contributed by atoms with Gasteiger partial charge in [-0.2, -0.15) is 0 Å². The maximum absolute atomic E-state index is 3.23. The highest BCUT2D eigenvalue weighted by molar-refractivity contribution is 5.25. The van der Waals surface area contributed by atoms with Crippen LogP contribution in [0.1, 0.15) is 12.8 Å². The van der Waals surface area contributed by atoms with Crippen LogP contribution in [0.3, 0.4) is 0 Å². The molecular weight excluding hydrogens is 148 g/mol. The minimum absolute atomic E-state index is 0.606. The fourth-order valence-electron chi connectivity index (χ4n) is 1.94. The van der Waals surface area contributed by atoms with Crippen molar-refractivity contribution in [3.05, 3.63) is 23.9 Å². The van der Waals surface area contributed by atoms with Crippen molar-refractivity contribution in [2.75, 3.05) is 20.1 Å². The molecule has 0 aromatic heterocycles. The molecule has 2 heterocycles. The molecule has 1 unspecified atom stereocenters. The second kappa shape index (κ2) is 3.31. The molecule has 1 saturated heterocycles. The molecule has 0 aromatic carbocycles. The summed E-state index contributed by atoms with van der Waals surface area (Å²) in [5, 5.41) is 3.13. The number of dihydropyridines is 1. The van der Waals surface area contributed by atoms with Crippen molar-refractivity contribution < 1.29 is 0 Å². The first-order valence-electron chi connectivity index (χ1n) is 4.60. The van der Waals surface area contributed by atoms with E-state index in [-0.39, 0.29) is 0 Å². The molecule has 1 radical (unpaired) electrons. The summed E-state index contributed by atoms with van der Waals surface area (Å²) in [6, 6.07) is 0.606. The van der Waals surface area contributed by atoms with E-state index in [0.29, 0.717) is 6.04 Å². The van der Waals surface area contributed by atoms with Gasteiger partial charge in [-0.25, -0.2) is 0 Å². The third-order valence-corrected chi connectivity index (χ3v) is 2.63. The van der Waals surface area contributed by atoms with Crippen molar-refractivity contribution in [2.24, 2.45) is 0 Å². The predicted molar refractivity (Wildman–Crippen MR) is 49.6 cm³/mol. The zero-order chi connectivity index (χ0) is 8.39. The van der Waals surface area contributed by atoms with Crippen LogP contribution in [0.4, 0.5) is 0 Å². The normalized spacial score (nSPS) is 30.1. The highest BCUT2D eigenvalue weighted by atomic mass is 15.1. The van der Waals surface area contributed by atoms with Gasteiger partial charge in [0.2, 0.25) is 0 Å². The number of nitrogens with one attached hydrogen (secondary N) is 1. The van der Waals surface area contributed by atoms with Crippen molar-refractivity contribution >= 4 is 0 Å². The molecule has 0 aromatic rings. The summed E-state index contributed by atoms with van der Waals surface area (Å²) in [5.74, 6) is 0. The molecule has 2 heteroatoms. The van der Waals surface area contributed by atoms with Gasteiger partial charge in [-0.1, -0.05) is 12.2 Å². The Morgan fingerprint density at radius 1 is 1.67 bits per heavy atom. The summed E-state index contributed by atoms with van der Waals surface area (Å²) in [6.07, 6.45) is 10.2. The summed E-state index contributed by atoms with van der Waals surface area (Å²) in [7, 11) is 2.19. The quantitative estimate of drug-likeness (QED) is 0.618. The van der Waals surface area contributed by atoms with Crippen LogP contribution in [-0.4, -0.2) is 31.1 Å². The van der Waals surface area contributed by atoms with Gasteiger partial charge in [0.15, 0.2) is 0 Å². The van der Waals surface area contributed by atoms with Crippen LogP contribution in [0.2, 0.25) is 0 Å². The van der Waals surface area contributed by atoms with Gasteiger partial charge in [-0.05, 0) is 32.0 Å². The molecule has 0 saturated carbocycles. The monoisotopic (exact) mass is 163 g/mol. The van der Waals surface area contributed by atoms with E-state index in [1.165, 1.54) is 25.0 Å². The first-order valence-corrected chi connectivity index (χ1v) is 4.60. The van der Waals surface area contributed by atoms with Crippen LogP contribution in [0.15, 0.2) is 17.7 Å². The summed E-state index contributed by atoms with van der Waals surface area (Å²) in [6.45, 7) is 2.16. The SMILES string of the molecule is CN1CCCC1C1=[C]NCC=C1. The Morgan fingerprint density at radius 2 is 2.58 bits per heavy atom. The second-order valence-electron chi connectivity index (χ2n) is 3.50. The van der Waals surface area contributed by atoms with Gasteiger partial charge >= 0.3 is 0 Å². The molecule has 2 aliphatic heterocycles. The van der Waals surface area contributed by atoms with Crippen molar-refractivity contribution in [1.82, 2.24) is 10.2 Å². The summed E-state index contributed by atoms with van der Waals surface area (Å²) < 4.78 is 0. The summed E-state index contributed by atoms with van der Waals surface area (Å²) in [5.41, 5.74) is 1.32. The topological polar surface area (TPSA) is 15.3 Å². The Kier molecular flexibility index (Phi) is 2.17. The number of rotatable bonds is 1. The van der Waals surface area contributed by atoms with E-state index in [1.807, 2.05) is 0 Å². The van der Waals surface area contributed by atoms with Crippen LogP contribution in [0.5, 0.6) is 0 Å². The molecule has 2 nitrogen and oxygen atoms in total. The minimum Gasteiger partial charge on any atom is -0.380 e. The molecule has 1 fully saturated rings. The third-order valence-electron chi connectivity index (χ3n) is 2.63. The van der Waals surface area contributed by atoms with E-state index < -0.39 is 0 Å². The number of hydrogen-bond donors (Lipinski definition) is 1. The minimum atomic E-state index is 0.606. The molecule has 0 aliphatic carbocycles. The zero-order valence-electron chi connectivity index (χ0n) is 7.51. The average molecular weight is 163 g/mol. The van der Waals surface area contributed by atoms with E-state index in [1.54, 1.807) is 0 Å². The number of likely N-dealkylation sites (N-methyl/N-ethyl adjacent to an activating group) is 1. The van der Waals surface area contributed by atoms with Crippen LogP contribution in [0, 0.1) is 6.20 Å². The van der Waals surface area contributed by atoms with Crippen LogP contribution in [0.25, 0.3) is 0 Å². The van der Waals surface area contributed by atoms with Gasteiger partial charge < -0.3 is 5.32 Å². The van der Waals surface area contributed by atoms with E-state index in [2.05, 4.69) is 35.6 Å². The molecule has 65 valence electrons. The average Bonchev–Trinajstić information content (AvgIpc) is 2.53. The second-order valence-corrected chi connectivity index (χ2v) is 3.50. The molecule has 1 N–H and O–H groups in total. The standard InChI is InChI=1S/C10H15N2/c1-12-7-3-5-10(12)9-4-2-6-11-8-9/h2,4,10-11H,3,5-7H2,1H3. The number of likely N-dealkylation sites (tertiary alicyclic amines) is 1. The molecule has 0 amide bonds. The lowest BCUT2D eigenvalue weighted by atomic mass is 10.0. The Balaban J connectivity index is 2.07. The van der Waals surface area contributed by atoms with Gasteiger partial charge in [-0.3, -0.25) is 4.90 Å². The van der Waals surface area contributed by atoms with E-state index >= 15 is 0 Å². The highest BCUT2D eigenvalue weighted by Gasteiger charge is 2.23. The van der Waals surface area contributed by atoms with Crippen LogP contribution >= 0.6 is 0 Å². The van der Waals surface area contributed by atoms with Gasteiger partial charge in [0.1, 0.15) is 0 Å². The summed E-state index contributed by atoms with van der Waals surface area (Å²) >= 11 is 0. The highest BCUT2D eigenvalue weighted by Crippen LogP contribution is 2.22. The van der Waals surface area contributed by atoms with Crippen molar-refractivity contribution in [2.45, 2.75) is 18.9 Å². The molecule has 0 bridgehead atoms. The number of nitrogens with zero attached hydrogens (tertiary/aromatic N) is 1. The maximum Gasteiger partial charge on any atom is 0.0630 e. The van der Waals surface area contributed by atoms with Crippen molar-refractivity contribution in [1.29, 1.82) is 0 Å². The Bertz CT molecular complexity index is 218. The molecule has 2 rings (SSSR count). The van der Waals surface area contributed by atoms with Gasteiger partial charge in [-0.15, -0.1) is 0 Å². The van der Waals surface area contributed by atoms with Gasteiger partial charge in [0, 0.05) is 12.6 Å². The summed E-state index contributed by atoms with van der Waals surface area (Å²) in [4.78, 5) is 2.40. The van der Waals surface area contributed by atoms with E-state index in [0.717, 1.165) is 6.54 Å². The molecule has 0 spiro atoms. The fourth-order valence-corrected chi connectivity index (χ4v) is 1.94. The van der Waals surface area contributed by atoms with Crippen LogP contribution < -0.4 is 5.32 Å². The zero-order valence-corrected chi connectivity index (χ0v) is 7.51. The Morgan fingerprint density at radius 3 is 3.17 bits per heavy atom. The first kappa shape index (κ1) is 7.87. The predicted octanol–water partition coefficient (Wildman–Crippen LogP) is 0.927. The lowest BCUT2D eigenvalue weighted by Crippen LogP contribution is -2.28. The number of hydrogen-bond acceptors (Lipinski definition) is 2. The lowest BCUT2D eigenvalue weighted by molar-refractivity contribution is 0.346. The fraction of sp³-hybridized carbons (Fsp3) is 0.600. The van der Waals surface area contributed by atoms with E-state index in [4.69, 9.17) is 0 Å². The maximum atomic E-state index is 3.23. The first-order chi connectivity index (χ1) is 5.88. The molecule has 2 aliphatic rings. The molecule has 1 atom stereocenters. The van der Waals surface area contributed by atoms with E-state index in [9.17, 15) is 0 Å². The largest absolute Gasteiger partial charge is 0.380 e.